The van der Waals surface area contributed by atoms with Crippen molar-refractivity contribution in [1.82, 2.24) is 10.2 Å². The Morgan fingerprint density at radius 2 is 1.50 bits per heavy atom. The first kappa shape index (κ1) is 20.7. The van der Waals surface area contributed by atoms with Crippen LogP contribution in [0.25, 0.3) is 0 Å². The van der Waals surface area contributed by atoms with Crippen LogP contribution in [0.3, 0.4) is 0 Å². The van der Waals surface area contributed by atoms with Crippen LogP contribution in [0.4, 0.5) is 0 Å². The number of carbonyl (C=O) groups excluding carboxylic acids is 2. The maximum absolute atomic E-state index is 13.6. The third-order valence-corrected chi connectivity index (χ3v) is 9.96. The fourth-order valence-corrected chi connectivity index (χ4v) is 9.07. The fraction of sp³-hybridized carbons (Fsp3) is 0.808. The maximum atomic E-state index is 13.6. The Labute approximate surface area is 190 Å². The summed E-state index contributed by atoms with van der Waals surface area (Å²) in [7, 11) is 0. The Hall–Kier alpha value is -1.85. The first-order valence-corrected chi connectivity index (χ1v) is 12.9. The van der Waals surface area contributed by atoms with Gasteiger partial charge in [0, 0.05) is 13.1 Å². The molecule has 8 aliphatic rings. The minimum atomic E-state index is -0.921. The van der Waals surface area contributed by atoms with Gasteiger partial charge in [0.2, 0.25) is 11.8 Å². The first-order valence-electron chi connectivity index (χ1n) is 12.9. The Bertz CT molecular complexity index is 815. The summed E-state index contributed by atoms with van der Waals surface area (Å²) in [4.78, 5) is 40.4. The zero-order chi connectivity index (χ0) is 22.0. The van der Waals surface area contributed by atoms with Crippen molar-refractivity contribution in [1.29, 1.82) is 0 Å². The van der Waals surface area contributed by atoms with E-state index >= 15 is 0 Å². The second kappa shape index (κ2) is 7.59. The molecule has 32 heavy (non-hydrogen) atoms. The van der Waals surface area contributed by atoms with Crippen molar-refractivity contribution in [3.8, 4) is 0 Å². The molecule has 6 heteroatoms. The molecule has 5 atom stereocenters. The zero-order valence-corrected chi connectivity index (χ0v) is 18.9. The van der Waals surface area contributed by atoms with Crippen LogP contribution in [0, 0.1) is 46.8 Å². The number of nitrogens with zero attached hydrogens (tertiary/aromatic N) is 1. The molecule has 7 aliphatic carbocycles. The second-order valence-corrected chi connectivity index (χ2v) is 12.0. The van der Waals surface area contributed by atoms with Crippen molar-refractivity contribution in [2.45, 2.75) is 70.3 Å². The van der Waals surface area contributed by atoms with E-state index in [1.54, 1.807) is 4.90 Å². The van der Waals surface area contributed by atoms with Gasteiger partial charge in [-0.3, -0.25) is 9.59 Å². The van der Waals surface area contributed by atoms with E-state index in [1.807, 2.05) is 0 Å². The average Bonchev–Trinajstić information content (AvgIpc) is 3.27. The molecule has 0 aromatic rings. The molecule has 6 fully saturated rings. The molecule has 2 N–H and O–H groups in total. The number of allylic oxidation sites excluding steroid dienone is 2. The molecule has 8 rings (SSSR count). The Morgan fingerprint density at radius 3 is 2.06 bits per heavy atom. The number of hydrogen-bond donors (Lipinski definition) is 2. The van der Waals surface area contributed by atoms with Gasteiger partial charge in [0.25, 0.3) is 0 Å². The summed E-state index contributed by atoms with van der Waals surface area (Å²) in [6.07, 6.45) is 15.3. The molecule has 1 saturated heterocycles. The van der Waals surface area contributed by atoms with Crippen molar-refractivity contribution in [2.75, 3.05) is 13.1 Å². The normalized spacial score (nSPS) is 45.9. The molecule has 1 heterocycles. The highest BCUT2D eigenvalue weighted by molar-refractivity contribution is 5.91. The molecule has 5 saturated carbocycles. The van der Waals surface area contributed by atoms with Crippen LogP contribution in [-0.4, -0.2) is 46.9 Å². The molecule has 1 aliphatic heterocycles. The van der Waals surface area contributed by atoms with Gasteiger partial charge in [0.15, 0.2) is 0 Å². The van der Waals surface area contributed by atoms with Crippen LogP contribution < -0.4 is 5.32 Å². The number of fused-ring (bicyclic) bond motifs is 2. The summed E-state index contributed by atoms with van der Waals surface area (Å²) in [5.74, 6) is 0.945. The van der Waals surface area contributed by atoms with E-state index in [9.17, 15) is 19.5 Å². The molecule has 0 aromatic carbocycles. The monoisotopic (exact) mass is 440 g/mol. The molecule has 0 aromatic heterocycles. The summed E-state index contributed by atoms with van der Waals surface area (Å²) < 4.78 is 0. The number of hydrogen-bond acceptors (Lipinski definition) is 3. The van der Waals surface area contributed by atoms with Crippen molar-refractivity contribution in [3.63, 3.8) is 0 Å². The third-order valence-electron chi connectivity index (χ3n) is 9.96. The number of carbonyl (C=O) groups is 3. The first-order chi connectivity index (χ1) is 15.4. The number of likely N-dealkylation sites (tertiary alicyclic amines) is 1. The highest BCUT2D eigenvalue weighted by Gasteiger charge is 2.53. The van der Waals surface area contributed by atoms with Crippen LogP contribution in [0.2, 0.25) is 0 Å². The molecule has 0 spiro atoms. The summed E-state index contributed by atoms with van der Waals surface area (Å²) in [5, 5.41) is 12.9. The van der Waals surface area contributed by atoms with Crippen LogP contribution >= 0.6 is 0 Å². The average molecular weight is 441 g/mol. The van der Waals surface area contributed by atoms with Crippen molar-refractivity contribution < 1.29 is 19.5 Å². The number of carboxylic acids is 1. The molecule has 6 nitrogen and oxygen atoms in total. The van der Waals surface area contributed by atoms with Crippen molar-refractivity contribution >= 4 is 17.8 Å². The number of rotatable bonds is 5. The van der Waals surface area contributed by atoms with E-state index in [1.165, 1.54) is 38.5 Å². The standard InChI is InChI=1S/C26H36N2O4/c29-23(27-14-26-11-15-8-16(12-26)10-17(9-15)13-26)21-18-3-5-19(6-4-18)22(21)24(30)28-7-1-2-20(28)25(31)32/h3,5,15-22H,1-2,4,6-14H2,(H,27,29)(H,31,32)/t15?,16?,17?,18?,19-,20?,21?,22+,26?/m0/s1. The van der Waals surface area contributed by atoms with Crippen LogP contribution in [-0.2, 0) is 14.4 Å². The van der Waals surface area contributed by atoms with Crippen LogP contribution in [0.5, 0.6) is 0 Å². The van der Waals surface area contributed by atoms with Gasteiger partial charge in [0.05, 0.1) is 11.8 Å². The Kier molecular flexibility index (Phi) is 4.92. The lowest BCUT2D eigenvalue weighted by atomic mass is 9.49. The number of aliphatic carboxylic acids is 1. The largest absolute Gasteiger partial charge is 0.480 e. The van der Waals surface area contributed by atoms with Gasteiger partial charge >= 0.3 is 5.97 Å². The van der Waals surface area contributed by atoms with Gasteiger partial charge in [-0.05, 0) is 99.2 Å². The van der Waals surface area contributed by atoms with Gasteiger partial charge in [-0.25, -0.2) is 4.79 Å². The predicted molar refractivity (Wildman–Crippen MR) is 118 cm³/mol. The number of carboxylic acid groups (broad SMARTS) is 1. The van der Waals surface area contributed by atoms with Crippen LogP contribution in [0.1, 0.15) is 64.2 Å². The van der Waals surface area contributed by atoms with Crippen molar-refractivity contribution in [3.05, 3.63) is 12.2 Å². The Balaban J connectivity index is 1.19. The van der Waals surface area contributed by atoms with Crippen molar-refractivity contribution in [2.24, 2.45) is 46.8 Å². The van der Waals surface area contributed by atoms with E-state index in [-0.39, 0.29) is 35.0 Å². The molecular formula is C26H36N2O4. The Morgan fingerprint density at radius 1 is 0.906 bits per heavy atom. The molecule has 6 bridgehead atoms. The highest BCUT2D eigenvalue weighted by atomic mass is 16.4. The minimum absolute atomic E-state index is 0.0317. The minimum Gasteiger partial charge on any atom is -0.480 e. The highest BCUT2D eigenvalue weighted by Crippen LogP contribution is 2.59. The predicted octanol–water partition coefficient (Wildman–Crippen LogP) is 3.22. The number of amides is 2. The lowest BCUT2D eigenvalue weighted by Crippen LogP contribution is -2.56. The quantitative estimate of drug-likeness (QED) is 0.643. The zero-order valence-electron chi connectivity index (χ0n) is 18.9. The third kappa shape index (κ3) is 3.31. The summed E-state index contributed by atoms with van der Waals surface area (Å²) >= 11 is 0. The molecule has 174 valence electrons. The van der Waals surface area contributed by atoms with E-state index < -0.39 is 17.9 Å². The SMILES string of the molecule is O=C(NCC12CC3CC(CC(C3)C1)C2)C1C2C=C[C@@H](CC2)[C@H]1C(=O)N1CCCC1C(=O)O. The van der Waals surface area contributed by atoms with Gasteiger partial charge in [-0.15, -0.1) is 0 Å². The molecular weight excluding hydrogens is 404 g/mol. The lowest BCUT2D eigenvalue weighted by molar-refractivity contribution is -0.155. The molecule has 2 amide bonds. The smallest absolute Gasteiger partial charge is 0.326 e. The molecule has 0 radical (unpaired) electrons. The summed E-state index contributed by atoms with van der Waals surface area (Å²) in [6, 6.07) is -0.734. The van der Waals surface area contributed by atoms with Gasteiger partial charge in [0.1, 0.15) is 6.04 Å². The van der Waals surface area contributed by atoms with Gasteiger partial charge < -0.3 is 15.3 Å². The van der Waals surface area contributed by atoms with Crippen LogP contribution in [0.15, 0.2) is 12.2 Å². The maximum Gasteiger partial charge on any atom is 0.326 e. The second-order valence-electron chi connectivity index (χ2n) is 12.0. The van der Waals surface area contributed by atoms with E-state index in [4.69, 9.17) is 0 Å². The fourth-order valence-electron chi connectivity index (χ4n) is 9.07. The topological polar surface area (TPSA) is 86.7 Å². The van der Waals surface area contributed by atoms with Gasteiger partial charge in [-0.1, -0.05) is 12.2 Å². The van der Waals surface area contributed by atoms with E-state index in [0.717, 1.165) is 43.6 Å². The van der Waals surface area contributed by atoms with Gasteiger partial charge in [-0.2, -0.15) is 0 Å². The summed E-state index contributed by atoms with van der Waals surface area (Å²) in [6.45, 7) is 1.25. The lowest BCUT2D eigenvalue weighted by Gasteiger charge is -2.57. The van der Waals surface area contributed by atoms with E-state index in [0.29, 0.717) is 13.0 Å². The number of nitrogens with one attached hydrogen (secondary N) is 1. The summed E-state index contributed by atoms with van der Waals surface area (Å²) in [5.41, 5.74) is 0.275. The van der Waals surface area contributed by atoms with E-state index in [2.05, 4.69) is 17.5 Å². The molecule has 3 unspecified atom stereocenters.